The van der Waals surface area contributed by atoms with Crippen LogP contribution in [0.4, 0.5) is 10.1 Å². The number of nitrogens with zero attached hydrogens (tertiary/aromatic N) is 1. The molecule has 0 atom stereocenters. The number of rotatable bonds is 7. The van der Waals surface area contributed by atoms with Crippen molar-refractivity contribution in [1.82, 2.24) is 4.90 Å². The van der Waals surface area contributed by atoms with Crippen LogP contribution in [-0.2, 0) is 4.79 Å². The van der Waals surface area contributed by atoms with E-state index in [1.807, 2.05) is 43.1 Å². The molecule has 0 spiro atoms. The monoisotopic (exact) mass is 316 g/mol. The summed E-state index contributed by atoms with van der Waals surface area (Å²) in [4.78, 5) is 13.8. The Morgan fingerprint density at radius 2 is 1.78 bits per heavy atom. The maximum atomic E-state index is 12.8. The number of likely N-dealkylation sites (N-methyl/N-ethyl adjacent to an activating group) is 1. The lowest BCUT2D eigenvalue weighted by Crippen LogP contribution is -2.33. The van der Waals surface area contributed by atoms with E-state index < -0.39 is 0 Å². The van der Waals surface area contributed by atoms with Crippen LogP contribution in [-0.4, -0.2) is 37.6 Å². The SMILES string of the molecule is Cc1ccc(NC(=O)CN(C)CCOc2ccc(F)cc2)cc1. The zero-order valence-electron chi connectivity index (χ0n) is 13.4. The van der Waals surface area contributed by atoms with E-state index in [0.29, 0.717) is 18.9 Å². The van der Waals surface area contributed by atoms with Gasteiger partial charge >= 0.3 is 0 Å². The number of carbonyl (C=O) groups excluding carboxylic acids is 1. The number of carbonyl (C=O) groups is 1. The Hall–Kier alpha value is -2.40. The highest BCUT2D eigenvalue weighted by Crippen LogP contribution is 2.11. The van der Waals surface area contributed by atoms with Crippen molar-refractivity contribution in [3.05, 3.63) is 59.9 Å². The number of benzene rings is 2. The van der Waals surface area contributed by atoms with Crippen LogP contribution in [0.15, 0.2) is 48.5 Å². The van der Waals surface area contributed by atoms with E-state index in [1.165, 1.54) is 12.1 Å². The van der Waals surface area contributed by atoms with Gasteiger partial charge in [0.2, 0.25) is 5.91 Å². The van der Waals surface area contributed by atoms with Crippen molar-refractivity contribution in [2.75, 3.05) is 32.1 Å². The summed E-state index contributed by atoms with van der Waals surface area (Å²) in [5.74, 6) is 0.254. The Labute approximate surface area is 135 Å². The van der Waals surface area contributed by atoms with Crippen LogP contribution in [0.2, 0.25) is 0 Å². The first-order chi connectivity index (χ1) is 11.0. The summed E-state index contributed by atoms with van der Waals surface area (Å²) in [6, 6.07) is 13.5. The minimum absolute atomic E-state index is 0.0712. The molecule has 0 aliphatic carbocycles. The first-order valence-electron chi connectivity index (χ1n) is 7.46. The van der Waals surface area contributed by atoms with Crippen molar-refractivity contribution in [2.45, 2.75) is 6.92 Å². The first kappa shape index (κ1) is 17.0. The quantitative estimate of drug-likeness (QED) is 0.853. The number of ether oxygens (including phenoxy) is 1. The maximum Gasteiger partial charge on any atom is 0.238 e. The third kappa shape index (κ3) is 6.08. The third-order valence-electron chi connectivity index (χ3n) is 3.30. The van der Waals surface area contributed by atoms with Gasteiger partial charge in [0.15, 0.2) is 0 Å². The molecule has 0 heterocycles. The van der Waals surface area contributed by atoms with Gasteiger partial charge in [-0.3, -0.25) is 9.69 Å². The fraction of sp³-hybridized carbons (Fsp3) is 0.278. The Balaban J connectivity index is 1.69. The van der Waals surface area contributed by atoms with Crippen molar-refractivity contribution >= 4 is 11.6 Å². The molecule has 1 N–H and O–H groups in total. The molecule has 0 fully saturated rings. The van der Waals surface area contributed by atoms with Gasteiger partial charge in [-0.05, 0) is 50.4 Å². The lowest BCUT2D eigenvalue weighted by Gasteiger charge is -2.16. The number of amides is 1. The Morgan fingerprint density at radius 3 is 2.43 bits per heavy atom. The average molecular weight is 316 g/mol. The van der Waals surface area contributed by atoms with Gasteiger partial charge in [-0.1, -0.05) is 17.7 Å². The number of halogens is 1. The summed E-state index contributed by atoms with van der Waals surface area (Å²) in [6.45, 7) is 3.31. The molecule has 0 bridgehead atoms. The van der Waals surface area contributed by atoms with Gasteiger partial charge in [0, 0.05) is 12.2 Å². The van der Waals surface area contributed by atoms with Crippen LogP contribution in [0.3, 0.4) is 0 Å². The van der Waals surface area contributed by atoms with Gasteiger partial charge in [0.1, 0.15) is 18.2 Å². The molecular weight excluding hydrogens is 295 g/mol. The molecule has 0 aromatic heterocycles. The largest absolute Gasteiger partial charge is 0.492 e. The molecule has 5 heteroatoms. The van der Waals surface area contributed by atoms with Crippen molar-refractivity contribution in [1.29, 1.82) is 0 Å². The predicted octanol–water partition coefficient (Wildman–Crippen LogP) is 3.08. The fourth-order valence-electron chi connectivity index (χ4n) is 2.01. The number of hydrogen-bond acceptors (Lipinski definition) is 3. The summed E-state index contributed by atoms with van der Waals surface area (Å²) in [6.07, 6.45) is 0. The molecule has 2 aromatic rings. The van der Waals surface area contributed by atoms with E-state index in [-0.39, 0.29) is 18.3 Å². The second kappa shape index (κ2) is 8.29. The molecule has 0 aliphatic heterocycles. The van der Waals surface area contributed by atoms with Gasteiger partial charge < -0.3 is 10.1 Å². The summed E-state index contributed by atoms with van der Waals surface area (Å²) in [5.41, 5.74) is 1.94. The first-order valence-corrected chi connectivity index (χ1v) is 7.46. The van der Waals surface area contributed by atoms with E-state index in [1.54, 1.807) is 12.1 Å². The summed E-state index contributed by atoms with van der Waals surface area (Å²) >= 11 is 0. The normalized spacial score (nSPS) is 10.6. The molecule has 1 amide bonds. The number of hydrogen-bond donors (Lipinski definition) is 1. The highest BCUT2D eigenvalue weighted by atomic mass is 19.1. The molecule has 122 valence electrons. The average Bonchev–Trinajstić information content (AvgIpc) is 2.51. The lowest BCUT2D eigenvalue weighted by molar-refractivity contribution is -0.117. The van der Waals surface area contributed by atoms with Gasteiger partial charge in [-0.15, -0.1) is 0 Å². The second-order valence-electron chi connectivity index (χ2n) is 5.45. The zero-order chi connectivity index (χ0) is 16.7. The molecule has 0 aliphatic rings. The van der Waals surface area contributed by atoms with Crippen LogP contribution in [0, 0.1) is 12.7 Å². The summed E-state index contributed by atoms with van der Waals surface area (Å²) in [5, 5.41) is 2.85. The number of anilines is 1. The molecule has 0 saturated heterocycles. The van der Waals surface area contributed by atoms with Crippen molar-refractivity contribution in [3.63, 3.8) is 0 Å². The van der Waals surface area contributed by atoms with E-state index in [4.69, 9.17) is 4.74 Å². The Morgan fingerprint density at radius 1 is 1.13 bits per heavy atom. The third-order valence-corrected chi connectivity index (χ3v) is 3.30. The minimum Gasteiger partial charge on any atom is -0.492 e. The van der Waals surface area contributed by atoms with Crippen LogP contribution in [0.5, 0.6) is 5.75 Å². The van der Waals surface area contributed by atoms with E-state index in [0.717, 1.165) is 11.3 Å². The molecule has 2 aromatic carbocycles. The van der Waals surface area contributed by atoms with Gasteiger partial charge in [-0.2, -0.15) is 0 Å². The molecule has 2 rings (SSSR count). The molecule has 4 nitrogen and oxygen atoms in total. The maximum absolute atomic E-state index is 12.8. The number of nitrogens with one attached hydrogen (secondary N) is 1. The molecule has 0 radical (unpaired) electrons. The second-order valence-corrected chi connectivity index (χ2v) is 5.45. The van der Waals surface area contributed by atoms with Crippen LogP contribution in [0.25, 0.3) is 0 Å². The van der Waals surface area contributed by atoms with E-state index in [9.17, 15) is 9.18 Å². The van der Waals surface area contributed by atoms with Crippen LogP contribution in [0.1, 0.15) is 5.56 Å². The topological polar surface area (TPSA) is 41.6 Å². The van der Waals surface area contributed by atoms with Gasteiger partial charge in [0.05, 0.1) is 6.54 Å². The number of aryl methyl sites for hydroxylation is 1. The molecular formula is C18H21FN2O2. The van der Waals surface area contributed by atoms with Crippen molar-refractivity contribution in [3.8, 4) is 5.75 Å². The fourth-order valence-corrected chi connectivity index (χ4v) is 2.01. The lowest BCUT2D eigenvalue weighted by atomic mass is 10.2. The zero-order valence-corrected chi connectivity index (χ0v) is 13.4. The molecule has 0 unspecified atom stereocenters. The Kier molecular flexibility index (Phi) is 6.11. The van der Waals surface area contributed by atoms with E-state index >= 15 is 0 Å². The standard InChI is InChI=1S/C18H21FN2O2/c1-14-3-7-16(8-4-14)20-18(22)13-21(2)11-12-23-17-9-5-15(19)6-10-17/h3-10H,11-13H2,1-2H3,(H,20,22). The summed E-state index contributed by atoms with van der Waals surface area (Å²) in [7, 11) is 1.85. The van der Waals surface area contributed by atoms with Crippen LogP contribution < -0.4 is 10.1 Å². The summed E-state index contributed by atoms with van der Waals surface area (Å²) < 4.78 is 18.3. The highest BCUT2D eigenvalue weighted by molar-refractivity contribution is 5.92. The Bertz CT molecular complexity index is 626. The molecule has 23 heavy (non-hydrogen) atoms. The highest BCUT2D eigenvalue weighted by Gasteiger charge is 2.07. The van der Waals surface area contributed by atoms with Gasteiger partial charge in [-0.25, -0.2) is 4.39 Å². The van der Waals surface area contributed by atoms with E-state index in [2.05, 4.69) is 5.32 Å². The minimum atomic E-state index is -0.290. The molecule has 0 saturated carbocycles. The predicted molar refractivity (Wildman–Crippen MR) is 89.2 cm³/mol. The van der Waals surface area contributed by atoms with Crippen molar-refractivity contribution in [2.24, 2.45) is 0 Å². The van der Waals surface area contributed by atoms with Gasteiger partial charge in [0.25, 0.3) is 0 Å². The smallest absolute Gasteiger partial charge is 0.238 e. The van der Waals surface area contributed by atoms with Crippen LogP contribution >= 0.6 is 0 Å². The van der Waals surface area contributed by atoms with Crippen molar-refractivity contribution < 1.29 is 13.9 Å².